The minimum Gasteiger partial charge on any atom is -0.491 e. The number of ether oxygens (including phenoxy) is 1. The van der Waals surface area contributed by atoms with Crippen LogP contribution in [0.5, 0.6) is 5.75 Å². The molecule has 0 bridgehead atoms. The molecule has 0 aromatic heterocycles. The SMILES string of the molecule is N#Cc1ccc(-c2ccc(OC[C@@H]3C[C@@](CCCc4ccccc4)(CC(=O)O)C(=O)N3CCCc3ccccc3)cc2)cc1. The average molecular weight is 587 g/mol. The Labute approximate surface area is 259 Å². The second kappa shape index (κ2) is 14.5. The van der Waals surface area contributed by atoms with Crippen molar-refractivity contribution in [1.29, 1.82) is 5.26 Å². The number of carbonyl (C=O) groups is 2. The zero-order valence-corrected chi connectivity index (χ0v) is 24.9. The maximum absolute atomic E-state index is 14.1. The molecule has 1 fully saturated rings. The summed E-state index contributed by atoms with van der Waals surface area (Å²) in [6.07, 6.45) is 3.99. The Bertz CT molecular complexity index is 1560. The summed E-state index contributed by atoms with van der Waals surface area (Å²) in [5.74, 6) is -0.313. The van der Waals surface area contributed by atoms with Gasteiger partial charge < -0.3 is 14.7 Å². The largest absolute Gasteiger partial charge is 0.491 e. The van der Waals surface area contributed by atoms with Crippen LogP contribution in [0, 0.1) is 16.7 Å². The highest BCUT2D eigenvalue weighted by Crippen LogP contribution is 2.44. The molecule has 1 aliphatic rings. The van der Waals surface area contributed by atoms with E-state index < -0.39 is 11.4 Å². The fourth-order valence-corrected chi connectivity index (χ4v) is 6.33. The molecule has 0 saturated carbocycles. The first kappa shape index (κ1) is 30.6. The zero-order chi connectivity index (χ0) is 30.8. The van der Waals surface area contributed by atoms with Crippen LogP contribution in [0.4, 0.5) is 0 Å². The number of nitriles is 1. The Morgan fingerprint density at radius 1 is 0.841 bits per heavy atom. The number of likely N-dealkylation sites (tertiary alicyclic amines) is 1. The number of carbonyl (C=O) groups excluding carboxylic acids is 1. The van der Waals surface area contributed by atoms with Crippen LogP contribution in [0.2, 0.25) is 0 Å². The van der Waals surface area contributed by atoms with Crippen LogP contribution in [0.1, 0.15) is 48.8 Å². The van der Waals surface area contributed by atoms with Crippen molar-refractivity contribution in [3.63, 3.8) is 0 Å². The fourth-order valence-electron chi connectivity index (χ4n) is 6.33. The number of rotatable bonds is 14. The van der Waals surface area contributed by atoms with Crippen LogP contribution < -0.4 is 4.74 Å². The molecule has 4 aromatic rings. The number of amides is 1. The topological polar surface area (TPSA) is 90.6 Å². The number of aryl methyl sites for hydroxylation is 2. The van der Waals surface area contributed by atoms with Gasteiger partial charge in [0.1, 0.15) is 12.4 Å². The predicted octanol–water partition coefficient (Wildman–Crippen LogP) is 7.32. The lowest BCUT2D eigenvalue weighted by atomic mass is 9.76. The summed E-state index contributed by atoms with van der Waals surface area (Å²) in [7, 11) is 0. The Morgan fingerprint density at radius 3 is 1.98 bits per heavy atom. The van der Waals surface area contributed by atoms with Gasteiger partial charge in [0.25, 0.3) is 0 Å². The molecule has 4 aromatic carbocycles. The van der Waals surface area contributed by atoms with E-state index in [-0.39, 0.29) is 18.4 Å². The molecule has 0 radical (unpaired) electrons. The Morgan fingerprint density at radius 2 is 1.41 bits per heavy atom. The molecule has 1 N–H and O–H groups in total. The summed E-state index contributed by atoms with van der Waals surface area (Å²) < 4.78 is 6.25. The quantitative estimate of drug-likeness (QED) is 0.167. The highest BCUT2D eigenvalue weighted by atomic mass is 16.5. The first-order chi connectivity index (χ1) is 21.5. The van der Waals surface area contributed by atoms with Crippen LogP contribution in [0.3, 0.4) is 0 Å². The molecule has 224 valence electrons. The van der Waals surface area contributed by atoms with Gasteiger partial charge in [-0.3, -0.25) is 9.59 Å². The molecule has 6 nitrogen and oxygen atoms in total. The van der Waals surface area contributed by atoms with Gasteiger partial charge in [-0.15, -0.1) is 0 Å². The number of aliphatic carboxylic acids is 1. The van der Waals surface area contributed by atoms with Gasteiger partial charge in [-0.1, -0.05) is 84.9 Å². The van der Waals surface area contributed by atoms with Gasteiger partial charge in [0.15, 0.2) is 0 Å². The third-order valence-corrected chi connectivity index (χ3v) is 8.59. The third-order valence-electron chi connectivity index (χ3n) is 8.59. The Kier molecular flexibility index (Phi) is 10.1. The van der Waals surface area contributed by atoms with Crippen molar-refractivity contribution in [1.82, 2.24) is 4.90 Å². The van der Waals surface area contributed by atoms with E-state index in [2.05, 4.69) is 30.3 Å². The van der Waals surface area contributed by atoms with E-state index in [1.54, 1.807) is 12.1 Å². The molecule has 5 rings (SSSR count). The normalized spacial score (nSPS) is 17.8. The van der Waals surface area contributed by atoms with E-state index in [0.29, 0.717) is 37.3 Å². The molecule has 0 unspecified atom stereocenters. The van der Waals surface area contributed by atoms with Gasteiger partial charge in [0.2, 0.25) is 5.91 Å². The van der Waals surface area contributed by atoms with Gasteiger partial charge in [-0.05, 0) is 85.0 Å². The Hall–Kier alpha value is -4.89. The first-order valence-electron chi connectivity index (χ1n) is 15.3. The zero-order valence-electron chi connectivity index (χ0n) is 24.9. The van der Waals surface area contributed by atoms with Crippen molar-refractivity contribution in [3.8, 4) is 22.9 Å². The van der Waals surface area contributed by atoms with Crippen molar-refractivity contribution < 1.29 is 19.4 Å². The number of benzene rings is 4. The van der Waals surface area contributed by atoms with E-state index in [9.17, 15) is 14.7 Å². The molecule has 0 aliphatic carbocycles. The second-order valence-electron chi connectivity index (χ2n) is 11.7. The third kappa shape index (κ3) is 7.73. The summed E-state index contributed by atoms with van der Waals surface area (Å²) in [6.45, 7) is 0.854. The molecule has 2 atom stereocenters. The summed E-state index contributed by atoms with van der Waals surface area (Å²) in [5, 5.41) is 19.0. The van der Waals surface area contributed by atoms with Crippen LogP contribution in [0.25, 0.3) is 11.1 Å². The van der Waals surface area contributed by atoms with Gasteiger partial charge >= 0.3 is 5.97 Å². The lowest BCUT2D eigenvalue weighted by molar-refractivity contribution is -0.147. The van der Waals surface area contributed by atoms with E-state index in [4.69, 9.17) is 10.00 Å². The maximum atomic E-state index is 14.1. The van der Waals surface area contributed by atoms with Gasteiger partial charge in [0, 0.05) is 6.54 Å². The molecule has 1 amide bonds. The highest BCUT2D eigenvalue weighted by molar-refractivity contribution is 5.89. The smallest absolute Gasteiger partial charge is 0.304 e. The minimum atomic E-state index is -0.944. The average Bonchev–Trinajstić information content (AvgIpc) is 3.30. The predicted molar refractivity (Wildman–Crippen MR) is 171 cm³/mol. The van der Waals surface area contributed by atoms with Crippen molar-refractivity contribution in [2.75, 3.05) is 13.2 Å². The van der Waals surface area contributed by atoms with E-state index in [0.717, 1.165) is 36.8 Å². The van der Waals surface area contributed by atoms with E-state index in [1.807, 2.05) is 77.7 Å². The second-order valence-corrected chi connectivity index (χ2v) is 11.7. The standard InChI is InChI=1S/C38H38N2O4/c39-27-31-15-17-32(18-16-31)33-19-21-35(22-20-33)44-28-34-25-38(26-36(41)42,23-7-13-29-9-3-1-4-10-29)37(43)40(34)24-8-14-30-11-5-2-6-12-30/h1-6,9-12,15-22,34H,7-8,13-14,23-26,28H2,(H,41,42)/t34-,38-/m0/s1. The monoisotopic (exact) mass is 586 g/mol. The molecule has 1 aliphatic heterocycles. The maximum Gasteiger partial charge on any atom is 0.304 e. The lowest BCUT2D eigenvalue weighted by Crippen LogP contribution is -2.40. The van der Waals surface area contributed by atoms with Crippen LogP contribution in [0.15, 0.2) is 109 Å². The molecule has 44 heavy (non-hydrogen) atoms. The number of carboxylic acid groups (broad SMARTS) is 1. The fraction of sp³-hybridized carbons (Fsp3) is 0.289. The molecule has 6 heteroatoms. The Balaban J connectivity index is 1.29. The van der Waals surface area contributed by atoms with E-state index >= 15 is 0 Å². The van der Waals surface area contributed by atoms with Crippen LogP contribution >= 0.6 is 0 Å². The van der Waals surface area contributed by atoms with Gasteiger partial charge in [-0.25, -0.2) is 0 Å². The molecule has 1 heterocycles. The number of nitrogens with zero attached hydrogens (tertiary/aromatic N) is 2. The number of carboxylic acids is 1. The van der Waals surface area contributed by atoms with Crippen molar-refractivity contribution in [2.45, 2.75) is 51.0 Å². The molecule has 0 spiro atoms. The van der Waals surface area contributed by atoms with Crippen molar-refractivity contribution in [3.05, 3.63) is 126 Å². The lowest BCUT2D eigenvalue weighted by Gasteiger charge is -2.27. The molecular weight excluding hydrogens is 548 g/mol. The van der Waals surface area contributed by atoms with Gasteiger partial charge in [-0.2, -0.15) is 5.26 Å². The summed E-state index contributed by atoms with van der Waals surface area (Å²) in [6, 6.07) is 37.5. The molecular formula is C38H38N2O4. The van der Waals surface area contributed by atoms with Gasteiger partial charge in [0.05, 0.1) is 29.5 Å². The van der Waals surface area contributed by atoms with Crippen molar-refractivity contribution >= 4 is 11.9 Å². The highest BCUT2D eigenvalue weighted by Gasteiger charge is 2.52. The minimum absolute atomic E-state index is 0.0641. The van der Waals surface area contributed by atoms with Crippen molar-refractivity contribution in [2.24, 2.45) is 5.41 Å². The molecule has 1 saturated heterocycles. The summed E-state index contributed by atoms with van der Waals surface area (Å²) in [4.78, 5) is 28.1. The van der Waals surface area contributed by atoms with E-state index in [1.165, 1.54) is 11.1 Å². The first-order valence-corrected chi connectivity index (χ1v) is 15.3. The van der Waals surface area contributed by atoms with Crippen LogP contribution in [-0.4, -0.2) is 41.1 Å². The van der Waals surface area contributed by atoms with Crippen LogP contribution in [-0.2, 0) is 22.4 Å². The number of hydrogen-bond acceptors (Lipinski definition) is 4. The number of hydrogen-bond donors (Lipinski definition) is 1. The summed E-state index contributed by atoms with van der Waals surface area (Å²) in [5.41, 5.74) is 4.10. The summed E-state index contributed by atoms with van der Waals surface area (Å²) >= 11 is 0.